The molecule has 0 aromatic rings. The number of hydrogen-bond acceptors (Lipinski definition) is 3. The second-order valence-corrected chi connectivity index (χ2v) is 1.65. The zero-order valence-corrected chi connectivity index (χ0v) is 4.57. The van der Waals surface area contributed by atoms with Gasteiger partial charge in [0.25, 0.3) is 5.95 Å². The maximum absolute atomic E-state index is 8.78. The molecule has 0 heterocycles. The Morgan fingerprint density at radius 3 is 2.22 bits per heavy atom. The van der Waals surface area contributed by atoms with Crippen LogP contribution in [0.2, 0.25) is 0 Å². The van der Waals surface area contributed by atoms with Gasteiger partial charge < -0.3 is 15.3 Å². The number of hydrogen-bond donors (Lipinski definition) is 3. The van der Waals surface area contributed by atoms with E-state index < -0.39 is 5.95 Å². The lowest BCUT2D eigenvalue weighted by atomic mass is 10.3. The van der Waals surface area contributed by atoms with Crippen LogP contribution in [-0.4, -0.2) is 15.3 Å². The van der Waals surface area contributed by atoms with Crippen LogP contribution in [0.3, 0.4) is 0 Å². The lowest BCUT2D eigenvalue weighted by molar-refractivity contribution is 0.184. The van der Waals surface area contributed by atoms with Crippen LogP contribution >= 0.6 is 0 Å². The van der Waals surface area contributed by atoms with Crippen molar-refractivity contribution >= 4 is 0 Å². The molecule has 0 saturated carbocycles. The molecule has 0 radical (unpaired) electrons. The third-order valence-electron chi connectivity index (χ3n) is 1.03. The van der Waals surface area contributed by atoms with Gasteiger partial charge in [0, 0.05) is 0 Å². The van der Waals surface area contributed by atoms with Crippen LogP contribution in [0.4, 0.5) is 0 Å². The molecular formula is C6H6O3. The van der Waals surface area contributed by atoms with E-state index in [0.717, 1.165) is 0 Å². The molecule has 0 aromatic carbocycles. The molecule has 0 unspecified atom stereocenters. The molecule has 1 rings (SSSR count). The lowest BCUT2D eigenvalue weighted by Crippen LogP contribution is -1.87. The summed E-state index contributed by atoms with van der Waals surface area (Å²) in [7, 11) is 0. The lowest BCUT2D eigenvalue weighted by Gasteiger charge is -1.93. The van der Waals surface area contributed by atoms with Crippen molar-refractivity contribution in [1.82, 2.24) is 0 Å². The smallest absolute Gasteiger partial charge is 0.285 e. The minimum atomic E-state index is -0.850. The molecule has 0 spiro atoms. The van der Waals surface area contributed by atoms with Crippen LogP contribution in [0, 0.1) is 0 Å². The molecule has 48 valence electrons. The molecule has 3 heteroatoms. The van der Waals surface area contributed by atoms with Crippen molar-refractivity contribution < 1.29 is 15.3 Å². The average molecular weight is 126 g/mol. The summed E-state index contributed by atoms with van der Waals surface area (Å²) < 4.78 is 0. The van der Waals surface area contributed by atoms with Gasteiger partial charge in [-0.15, -0.1) is 0 Å². The first-order valence-electron chi connectivity index (χ1n) is 2.41. The van der Waals surface area contributed by atoms with Gasteiger partial charge in [0.2, 0.25) is 0 Å². The first kappa shape index (κ1) is 5.75. The maximum Gasteiger partial charge on any atom is 0.285 e. The van der Waals surface area contributed by atoms with E-state index >= 15 is 0 Å². The van der Waals surface area contributed by atoms with E-state index in [1.54, 1.807) is 0 Å². The van der Waals surface area contributed by atoms with E-state index in [1.165, 1.54) is 18.2 Å². The molecular weight excluding hydrogens is 120 g/mol. The Morgan fingerprint density at radius 1 is 1.33 bits per heavy atom. The zero-order chi connectivity index (χ0) is 6.85. The molecule has 0 aromatic heterocycles. The minimum Gasteiger partial charge on any atom is -0.507 e. The third kappa shape index (κ3) is 0.887. The summed E-state index contributed by atoms with van der Waals surface area (Å²) in [6, 6.07) is 0. The van der Waals surface area contributed by atoms with Crippen LogP contribution in [0.15, 0.2) is 35.5 Å². The highest BCUT2D eigenvalue weighted by atomic mass is 16.5. The van der Waals surface area contributed by atoms with Gasteiger partial charge >= 0.3 is 0 Å². The Morgan fingerprint density at radius 2 is 2.00 bits per heavy atom. The molecule has 9 heavy (non-hydrogen) atoms. The standard InChI is InChI=1S/C6H6O3/c7-5-3-1-2-4(5)6(8)9/h1-3,7-9H. The van der Waals surface area contributed by atoms with E-state index in [0.29, 0.717) is 0 Å². The molecule has 0 atom stereocenters. The van der Waals surface area contributed by atoms with Gasteiger partial charge in [-0.3, -0.25) is 0 Å². The summed E-state index contributed by atoms with van der Waals surface area (Å²) in [5, 5.41) is 25.6. The zero-order valence-electron chi connectivity index (χ0n) is 4.57. The van der Waals surface area contributed by atoms with E-state index in [9.17, 15) is 0 Å². The van der Waals surface area contributed by atoms with E-state index in [1.807, 2.05) is 0 Å². The van der Waals surface area contributed by atoms with Crippen LogP contribution < -0.4 is 0 Å². The molecule has 3 nitrogen and oxygen atoms in total. The quantitative estimate of drug-likeness (QED) is 0.429. The topological polar surface area (TPSA) is 60.7 Å². The normalized spacial score (nSPS) is 16.0. The molecule has 3 N–H and O–H groups in total. The summed E-state index contributed by atoms with van der Waals surface area (Å²) in [5.41, 5.74) is 0.0648. The maximum atomic E-state index is 8.78. The number of rotatable bonds is 0. The van der Waals surface area contributed by atoms with Crippen molar-refractivity contribution in [2.75, 3.05) is 0 Å². The highest BCUT2D eigenvalue weighted by Crippen LogP contribution is 2.16. The largest absolute Gasteiger partial charge is 0.507 e. The Kier molecular flexibility index (Phi) is 1.18. The number of aliphatic hydroxyl groups is 3. The van der Waals surface area contributed by atoms with Crippen molar-refractivity contribution in [3.63, 3.8) is 0 Å². The van der Waals surface area contributed by atoms with Crippen molar-refractivity contribution in [2.45, 2.75) is 0 Å². The molecule has 0 aliphatic heterocycles. The summed E-state index contributed by atoms with van der Waals surface area (Å²) in [6.45, 7) is 0. The van der Waals surface area contributed by atoms with Gasteiger partial charge in [0.1, 0.15) is 5.76 Å². The van der Waals surface area contributed by atoms with Crippen molar-refractivity contribution in [2.24, 2.45) is 0 Å². The summed E-state index contributed by atoms with van der Waals surface area (Å²) in [4.78, 5) is 0. The first-order valence-corrected chi connectivity index (χ1v) is 2.41. The number of allylic oxidation sites excluding steroid dienone is 3. The van der Waals surface area contributed by atoms with Crippen molar-refractivity contribution in [3.8, 4) is 0 Å². The van der Waals surface area contributed by atoms with Crippen LogP contribution in [0.5, 0.6) is 0 Å². The fourth-order valence-corrected chi connectivity index (χ4v) is 0.600. The molecule has 0 fully saturated rings. The van der Waals surface area contributed by atoms with Crippen LogP contribution in [0.25, 0.3) is 0 Å². The average Bonchev–Trinajstić information content (AvgIpc) is 2.13. The van der Waals surface area contributed by atoms with Gasteiger partial charge in [0.15, 0.2) is 0 Å². The van der Waals surface area contributed by atoms with Gasteiger partial charge in [-0.1, -0.05) is 6.08 Å². The van der Waals surface area contributed by atoms with Crippen LogP contribution in [-0.2, 0) is 0 Å². The Bertz CT molecular complexity index is 206. The summed E-state index contributed by atoms with van der Waals surface area (Å²) in [6.07, 6.45) is 4.31. The fourth-order valence-electron chi connectivity index (χ4n) is 0.600. The van der Waals surface area contributed by atoms with E-state index in [-0.39, 0.29) is 11.3 Å². The number of aliphatic hydroxyl groups excluding tert-OH is 2. The first-order chi connectivity index (χ1) is 4.22. The molecule has 1 aliphatic carbocycles. The second kappa shape index (κ2) is 1.85. The van der Waals surface area contributed by atoms with Crippen molar-refractivity contribution in [1.29, 1.82) is 0 Å². The van der Waals surface area contributed by atoms with Gasteiger partial charge in [-0.25, -0.2) is 0 Å². The van der Waals surface area contributed by atoms with Gasteiger partial charge in [0.05, 0.1) is 5.57 Å². The predicted molar refractivity (Wildman–Crippen MR) is 32.1 cm³/mol. The van der Waals surface area contributed by atoms with Gasteiger partial charge in [-0.05, 0) is 12.2 Å². The highest BCUT2D eigenvalue weighted by molar-refractivity contribution is 5.44. The third-order valence-corrected chi connectivity index (χ3v) is 1.03. The van der Waals surface area contributed by atoms with Crippen LogP contribution in [0.1, 0.15) is 0 Å². The summed E-state index contributed by atoms with van der Waals surface area (Å²) >= 11 is 0. The predicted octanol–water partition coefficient (Wildman–Crippen LogP) is 1.33. The van der Waals surface area contributed by atoms with Gasteiger partial charge in [-0.2, -0.15) is 0 Å². The molecule has 0 bridgehead atoms. The Hall–Kier alpha value is -1.38. The molecule has 0 amide bonds. The minimum absolute atomic E-state index is 0.0648. The Labute approximate surface area is 51.9 Å². The molecule has 1 aliphatic rings. The van der Waals surface area contributed by atoms with E-state index in [2.05, 4.69) is 0 Å². The second-order valence-electron chi connectivity index (χ2n) is 1.65. The van der Waals surface area contributed by atoms with Crippen molar-refractivity contribution in [3.05, 3.63) is 35.5 Å². The van der Waals surface area contributed by atoms with E-state index in [4.69, 9.17) is 15.3 Å². The SMILES string of the molecule is OC1=CC=CC1=C(O)O. The summed E-state index contributed by atoms with van der Waals surface area (Å²) in [5.74, 6) is -0.965. The fraction of sp³-hybridized carbons (Fsp3) is 0. The molecule has 0 saturated heterocycles. The monoisotopic (exact) mass is 126 g/mol. The highest BCUT2D eigenvalue weighted by Gasteiger charge is 2.08. The Balaban J connectivity index is 3.00.